The molecule has 196 valence electrons. The highest BCUT2D eigenvalue weighted by molar-refractivity contribution is 6.30. The standard InChI is InChI=1S/C32H39ClN2O2/c1-3-23-37-31(36)32(4-2,28-13-6-5-7-14-28)17-10-18-34-19-21-35(22-20-34)30-16-9-12-27(25-30)26-11-8-15-29(33)24-26/h5-9,11-16,24-25H,3-4,10,17-23H2,1-2H3. The summed E-state index contributed by atoms with van der Waals surface area (Å²) in [5.74, 6) is -0.0764. The van der Waals surface area contributed by atoms with Crippen molar-refractivity contribution in [3.05, 3.63) is 89.4 Å². The van der Waals surface area contributed by atoms with E-state index in [-0.39, 0.29) is 5.97 Å². The summed E-state index contributed by atoms with van der Waals surface area (Å²) in [6.45, 7) is 9.65. The minimum atomic E-state index is -0.570. The number of hydrogen-bond acceptors (Lipinski definition) is 4. The number of carbonyl (C=O) groups is 1. The number of nitrogens with zero attached hydrogens (tertiary/aromatic N) is 2. The molecule has 1 unspecified atom stereocenters. The summed E-state index contributed by atoms with van der Waals surface area (Å²) in [5, 5.41) is 0.759. The zero-order valence-corrected chi connectivity index (χ0v) is 22.9. The summed E-state index contributed by atoms with van der Waals surface area (Å²) in [4.78, 5) is 18.2. The van der Waals surface area contributed by atoms with E-state index >= 15 is 0 Å². The quantitative estimate of drug-likeness (QED) is 0.251. The molecule has 0 spiro atoms. The number of benzene rings is 3. The van der Waals surface area contributed by atoms with E-state index in [1.165, 1.54) is 11.3 Å². The smallest absolute Gasteiger partial charge is 0.316 e. The Morgan fingerprint density at radius 1 is 0.892 bits per heavy atom. The molecule has 1 aliphatic rings. The molecule has 0 bridgehead atoms. The monoisotopic (exact) mass is 518 g/mol. The third-order valence-electron chi connectivity index (χ3n) is 7.58. The molecule has 1 heterocycles. The van der Waals surface area contributed by atoms with E-state index in [1.807, 2.05) is 43.3 Å². The van der Waals surface area contributed by atoms with Gasteiger partial charge in [-0.25, -0.2) is 0 Å². The predicted octanol–water partition coefficient (Wildman–Crippen LogP) is 7.21. The lowest BCUT2D eigenvalue weighted by molar-refractivity contribution is -0.151. The van der Waals surface area contributed by atoms with Crippen molar-refractivity contribution in [3.63, 3.8) is 0 Å². The molecule has 0 aliphatic carbocycles. The molecule has 3 aromatic carbocycles. The van der Waals surface area contributed by atoms with Crippen LogP contribution in [0.15, 0.2) is 78.9 Å². The van der Waals surface area contributed by atoms with E-state index in [4.69, 9.17) is 16.3 Å². The Balaban J connectivity index is 1.34. The van der Waals surface area contributed by atoms with Crippen molar-refractivity contribution in [2.45, 2.75) is 44.9 Å². The summed E-state index contributed by atoms with van der Waals surface area (Å²) in [5.41, 5.74) is 4.09. The van der Waals surface area contributed by atoms with Crippen LogP contribution in [0.5, 0.6) is 0 Å². The molecule has 0 saturated carbocycles. The van der Waals surface area contributed by atoms with Gasteiger partial charge in [-0.1, -0.05) is 80.0 Å². The number of hydrogen-bond donors (Lipinski definition) is 0. The third-order valence-corrected chi connectivity index (χ3v) is 7.81. The zero-order valence-electron chi connectivity index (χ0n) is 22.2. The van der Waals surface area contributed by atoms with E-state index in [9.17, 15) is 4.79 Å². The van der Waals surface area contributed by atoms with Gasteiger partial charge in [0.05, 0.1) is 12.0 Å². The number of carbonyl (C=O) groups excluding carboxylic acids is 1. The fourth-order valence-corrected chi connectivity index (χ4v) is 5.55. The number of ether oxygens (including phenoxy) is 1. The van der Waals surface area contributed by atoms with E-state index in [0.717, 1.165) is 74.6 Å². The van der Waals surface area contributed by atoms with Crippen LogP contribution in [0.1, 0.15) is 45.1 Å². The van der Waals surface area contributed by atoms with Crippen LogP contribution < -0.4 is 4.90 Å². The SMILES string of the molecule is CCCOC(=O)C(CC)(CCCN1CCN(c2cccc(-c3cccc(Cl)c3)c2)CC1)c1ccccc1. The third kappa shape index (κ3) is 6.74. The van der Waals surface area contributed by atoms with Crippen LogP contribution in [0.2, 0.25) is 5.02 Å². The van der Waals surface area contributed by atoms with Gasteiger partial charge < -0.3 is 9.64 Å². The molecule has 1 atom stereocenters. The number of rotatable bonds is 11. The highest BCUT2D eigenvalue weighted by atomic mass is 35.5. The molecule has 1 saturated heterocycles. The summed E-state index contributed by atoms with van der Waals surface area (Å²) < 4.78 is 5.69. The summed E-state index contributed by atoms with van der Waals surface area (Å²) in [7, 11) is 0. The first kappa shape index (κ1) is 27.2. The Kier molecular flexibility index (Phi) is 9.65. The maximum Gasteiger partial charge on any atom is 0.316 e. The van der Waals surface area contributed by atoms with Gasteiger partial charge in [0, 0.05) is 36.9 Å². The fourth-order valence-electron chi connectivity index (χ4n) is 5.36. The highest BCUT2D eigenvalue weighted by Gasteiger charge is 2.39. The average Bonchev–Trinajstić information content (AvgIpc) is 2.95. The van der Waals surface area contributed by atoms with Crippen molar-refractivity contribution in [2.24, 2.45) is 0 Å². The lowest BCUT2D eigenvalue weighted by atomic mass is 9.74. The molecule has 0 aromatic heterocycles. The number of esters is 1. The van der Waals surface area contributed by atoms with Gasteiger partial charge in [0.15, 0.2) is 0 Å². The lowest BCUT2D eigenvalue weighted by Crippen LogP contribution is -2.47. The van der Waals surface area contributed by atoms with Crippen LogP contribution in [0.25, 0.3) is 11.1 Å². The molecule has 1 fully saturated rings. The van der Waals surface area contributed by atoms with Gasteiger partial charge >= 0.3 is 5.97 Å². The summed E-state index contributed by atoms with van der Waals surface area (Å²) in [6, 6.07) is 27.0. The van der Waals surface area contributed by atoms with Crippen LogP contribution >= 0.6 is 11.6 Å². The minimum absolute atomic E-state index is 0.0764. The molecule has 4 rings (SSSR count). The first-order chi connectivity index (χ1) is 18.1. The molecule has 1 aliphatic heterocycles. The van der Waals surface area contributed by atoms with Crippen LogP contribution in [-0.4, -0.2) is 50.2 Å². The maximum atomic E-state index is 13.2. The van der Waals surface area contributed by atoms with Gasteiger partial charge in [0.25, 0.3) is 0 Å². The van der Waals surface area contributed by atoms with E-state index in [2.05, 4.69) is 59.2 Å². The van der Waals surface area contributed by atoms with Crippen molar-refractivity contribution in [2.75, 3.05) is 44.2 Å². The van der Waals surface area contributed by atoms with Crippen molar-refractivity contribution in [3.8, 4) is 11.1 Å². The van der Waals surface area contributed by atoms with E-state index in [0.29, 0.717) is 6.61 Å². The second-order valence-corrected chi connectivity index (χ2v) is 10.4. The van der Waals surface area contributed by atoms with Crippen molar-refractivity contribution in [1.82, 2.24) is 4.90 Å². The molecule has 3 aromatic rings. The molecule has 0 N–H and O–H groups in total. The molecule has 0 radical (unpaired) electrons. The Hall–Kier alpha value is -2.82. The van der Waals surface area contributed by atoms with Crippen molar-refractivity contribution < 1.29 is 9.53 Å². The first-order valence-electron chi connectivity index (χ1n) is 13.6. The topological polar surface area (TPSA) is 32.8 Å². The Morgan fingerprint density at radius 2 is 1.59 bits per heavy atom. The van der Waals surface area contributed by atoms with Crippen LogP contribution in [-0.2, 0) is 14.9 Å². The zero-order chi connectivity index (χ0) is 26.1. The van der Waals surface area contributed by atoms with E-state index < -0.39 is 5.41 Å². The second kappa shape index (κ2) is 13.1. The Labute approximate surface area is 227 Å². The molecular formula is C32H39ClN2O2. The maximum absolute atomic E-state index is 13.2. The van der Waals surface area contributed by atoms with Crippen LogP contribution in [0, 0.1) is 0 Å². The van der Waals surface area contributed by atoms with Crippen LogP contribution in [0.3, 0.4) is 0 Å². The molecular weight excluding hydrogens is 480 g/mol. The normalized spacial score (nSPS) is 15.8. The summed E-state index contributed by atoms with van der Waals surface area (Å²) in [6.07, 6.45) is 3.36. The fraction of sp³-hybridized carbons (Fsp3) is 0.406. The van der Waals surface area contributed by atoms with Crippen molar-refractivity contribution in [1.29, 1.82) is 0 Å². The largest absolute Gasteiger partial charge is 0.465 e. The van der Waals surface area contributed by atoms with Crippen LogP contribution in [0.4, 0.5) is 5.69 Å². The van der Waals surface area contributed by atoms with Crippen molar-refractivity contribution >= 4 is 23.3 Å². The van der Waals surface area contributed by atoms with Gasteiger partial charge in [-0.3, -0.25) is 9.69 Å². The second-order valence-electron chi connectivity index (χ2n) is 9.93. The van der Waals surface area contributed by atoms with Gasteiger partial charge in [0.2, 0.25) is 0 Å². The number of piperazine rings is 1. The number of anilines is 1. The molecule has 5 heteroatoms. The van der Waals surface area contributed by atoms with E-state index in [1.54, 1.807) is 0 Å². The number of halogens is 1. The lowest BCUT2D eigenvalue weighted by Gasteiger charge is -2.37. The van der Waals surface area contributed by atoms with Gasteiger partial charge in [-0.2, -0.15) is 0 Å². The van der Waals surface area contributed by atoms with Gasteiger partial charge in [-0.05, 0) is 73.2 Å². The molecule has 0 amide bonds. The summed E-state index contributed by atoms with van der Waals surface area (Å²) >= 11 is 6.21. The predicted molar refractivity (Wildman–Crippen MR) is 154 cm³/mol. The molecule has 4 nitrogen and oxygen atoms in total. The Bertz CT molecular complexity index is 1140. The van der Waals surface area contributed by atoms with Gasteiger partial charge in [0.1, 0.15) is 0 Å². The average molecular weight is 519 g/mol. The Morgan fingerprint density at radius 3 is 2.27 bits per heavy atom. The highest BCUT2D eigenvalue weighted by Crippen LogP contribution is 2.35. The van der Waals surface area contributed by atoms with Gasteiger partial charge in [-0.15, -0.1) is 0 Å². The molecule has 37 heavy (non-hydrogen) atoms. The minimum Gasteiger partial charge on any atom is -0.465 e. The first-order valence-corrected chi connectivity index (χ1v) is 14.0.